The van der Waals surface area contributed by atoms with Gasteiger partial charge in [-0.15, -0.1) is 6.58 Å². The number of carbonyl (C=O) groups is 1. The molecule has 1 amide bonds. The van der Waals surface area contributed by atoms with E-state index in [1.54, 1.807) is 0 Å². The predicted molar refractivity (Wildman–Crippen MR) is 91.8 cm³/mol. The normalized spacial score (nSPS) is 11.0. The molecule has 25 heavy (non-hydrogen) atoms. The number of hydrogen-bond donors (Lipinski definition) is 1. The van der Waals surface area contributed by atoms with E-state index in [1.165, 1.54) is 43.3 Å². The van der Waals surface area contributed by atoms with Crippen LogP contribution in [0.15, 0.2) is 60.0 Å². The minimum absolute atomic E-state index is 0.0234. The van der Waals surface area contributed by atoms with Gasteiger partial charge in [-0.2, -0.15) is 0 Å². The van der Waals surface area contributed by atoms with Crippen LogP contribution in [0.4, 0.5) is 20.2 Å². The van der Waals surface area contributed by atoms with Gasteiger partial charge in [-0.1, -0.05) is 6.08 Å². The van der Waals surface area contributed by atoms with Crippen LogP contribution in [0.2, 0.25) is 0 Å². The van der Waals surface area contributed by atoms with Crippen LogP contribution >= 0.6 is 0 Å². The van der Waals surface area contributed by atoms with Gasteiger partial charge in [0.25, 0.3) is 10.0 Å². The molecule has 0 radical (unpaired) electrons. The summed E-state index contributed by atoms with van der Waals surface area (Å²) >= 11 is 0. The van der Waals surface area contributed by atoms with Crippen LogP contribution in [0.3, 0.4) is 0 Å². The minimum atomic E-state index is -4.03. The quantitative estimate of drug-likeness (QED) is 0.798. The van der Waals surface area contributed by atoms with E-state index in [2.05, 4.69) is 11.9 Å². The molecule has 2 aromatic rings. The molecule has 2 aromatic carbocycles. The fourth-order valence-corrected chi connectivity index (χ4v) is 3.57. The average Bonchev–Trinajstić information content (AvgIpc) is 2.55. The zero-order chi connectivity index (χ0) is 18.6. The van der Waals surface area contributed by atoms with E-state index in [9.17, 15) is 22.0 Å². The summed E-state index contributed by atoms with van der Waals surface area (Å²) in [5.74, 6) is -2.51. The van der Waals surface area contributed by atoms with Crippen LogP contribution in [0.1, 0.15) is 6.92 Å². The molecule has 0 fully saturated rings. The summed E-state index contributed by atoms with van der Waals surface area (Å²) < 4.78 is 53.2. The van der Waals surface area contributed by atoms with Gasteiger partial charge in [0.1, 0.15) is 0 Å². The second kappa shape index (κ2) is 7.43. The Balaban J connectivity index is 2.43. The molecule has 0 spiro atoms. The van der Waals surface area contributed by atoms with Crippen LogP contribution < -0.4 is 9.62 Å². The molecule has 0 aliphatic heterocycles. The fourth-order valence-electron chi connectivity index (χ4n) is 2.14. The van der Waals surface area contributed by atoms with Crippen LogP contribution in [0.5, 0.6) is 0 Å². The molecular weight excluding hydrogens is 350 g/mol. The second-order valence-corrected chi connectivity index (χ2v) is 6.99. The van der Waals surface area contributed by atoms with Gasteiger partial charge in [-0.25, -0.2) is 17.2 Å². The maximum Gasteiger partial charge on any atom is 0.264 e. The first-order chi connectivity index (χ1) is 11.8. The summed E-state index contributed by atoms with van der Waals surface area (Å²) in [6.07, 6.45) is 1.34. The van der Waals surface area contributed by atoms with E-state index < -0.39 is 21.7 Å². The average molecular weight is 366 g/mol. The van der Waals surface area contributed by atoms with Crippen molar-refractivity contribution >= 4 is 27.3 Å². The van der Waals surface area contributed by atoms with E-state index in [-0.39, 0.29) is 23.0 Å². The van der Waals surface area contributed by atoms with Crippen molar-refractivity contribution in [2.24, 2.45) is 0 Å². The molecule has 0 heterocycles. The number of carbonyl (C=O) groups excluding carboxylic acids is 1. The Hall–Kier alpha value is -2.74. The Morgan fingerprint density at radius 1 is 1.16 bits per heavy atom. The Bertz CT molecular complexity index is 897. The zero-order valence-electron chi connectivity index (χ0n) is 13.4. The van der Waals surface area contributed by atoms with Crippen molar-refractivity contribution in [1.29, 1.82) is 0 Å². The number of rotatable bonds is 6. The van der Waals surface area contributed by atoms with Crippen molar-refractivity contribution in [2.75, 3.05) is 16.2 Å². The number of halogens is 2. The summed E-state index contributed by atoms with van der Waals surface area (Å²) in [6, 6.07) is 8.34. The van der Waals surface area contributed by atoms with Crippen LogP contribution in [0, 0.1) is 11.6 Å². The highest BCUT2D eigenvalue weighted by atomic mass is 32.2. The van der Waals surface area contributed by atoms with E-state index in [4.69, 9.17) is 0 Å². The molecule has 0 atom stereocenters. The molecule has 0 saturated heterocycles. The first kappa shape index (κ1) is 18.6. The van der Waals surface area contributed by atoms with Gasteiger partial charge in [0.05, 0.1) is 17.1 Å². The number of amides is 1. The monoisotopic (exact) mass is 366 g/mol. The van der Waals surface area contributed by atoms with Crippen molar-refractivity contribution in [3.05, 3.63) is 66.8 Å². The van der Waals surface area contributed by atoms with E-state index in [0.717, 1.165) is 16.4 Å². The zero-order valence-corrected chi connectivity index (χ0v) is 14.2. The lowest BCUT2D eigenvalue weighted by Gasteiger charge is -2.23. The number of nitrogens with zero attached hydrogens (tertiary/aromatic N) is 1. The van der Waals surface area contributed by atoms with Gasteiger partial charge >= 0.3 is 0 Å². The van der Waals surface area contributed by atoms with E-state index in [0.29, 0.717) is 5.69 Å². The topological polar surface area (TPSA) is 66.5 Å². The molecule has 8 heteroatoms. The third-order valence-corrected chi connectivity index (χ3v) is 5.06. The predicted octanol–water partition coefficient (Wildman–Crippen LogP) is 3.30. The highest BCUT2D eigenvalue weighted by Gasteiger charge is 2.24. The third-order valence-electron chi connectivity index (χ3n) is 3.25. The number of benzene rings is 2. The lowest BCUT2D eigenvalue weighted by molar-refractivity contribution is -0.114. The molecule has 0 bridgehead atoms. The number of sulfonamides is 1. The number of hydrogen-bond acceptors (Lipinski definition) is 3. The molecule has 0 aliphatic carbocycles. The smallest absolute Gasteiger partial charge is 0.264 e. The third kappa shape index (κ3) is 4.21. The van der Waals surface area contributed by atoms with Crippen LogP contribution in [0.25, 0.3) is 0 Å². The molecule has 132 valence electrons. The first-order valence-electron chi connectivity index (χ1n) is 7.22. The van der Waals surface area contributed by atoms with Crippen molar-refractivity contribution < 1.29 is 22.0 Å². The van der Waals surface area contributed by atoms with Crippen LogP contribution in [-0.2, 0) is 14.8 Å². The molecule has 0 saturated carbocycles. The summed E-state index contributed by atoms with van der Waals surface area (Å²) in [5, 5.41) is 2.53. The number of nitrogens with one attached hydrogen (secondary N) is 1. The summed E-state index contributed by atoms with van der Waals surface area (Å²) in [6.45, 7) is 4.71. The summed E-state index contributed by atoms with van der Waals surface area (Å²) in [4.78, 5) is 11.0. The maximum absolute atomic E-state index is 13.5. The molecule has 2 rings (SSSR count). The molecule has 1 N–H and O–H groups in total. The van der Waals surface area contributed by atoms with Crippen molar-refractivity contribution in [3.63, 3.8) is 0 Å². The number of anilines is 2. The maximum atomic E-state index is 13.5. The second-order valence-electron chi connectivity index (χ2n) is 5.13. The van der Waals surface area contributed by atoms with Gasteiger partial charge < -0.3 is 5.32 Å². The fraction of sp³-hybridized carbons (Fsp3) is 0.118. The Kier molecular flexibility index (Phi) is 5.53. The highest BCUT2D eigenvalue weighted by molar-refractivity contribution is 7.92. The Labute approximate surface area is 144 Å². The van der Waals surface area contributed by atoms with E-state index in [1.807, 2.05) is 0 Å². The van der Waals surface area contributed by atoms with Gasteiger partial charge in [-0.3, -0.25) is 9.10 Å². The van der Waals surface area contributed by atoms with E-state index >= 15 is 0 Å². The molecule has 5 nitrogen and oxygen atoms in total. The lowest BCUT2D eigenvalue weighted by atomic mass is 10.3. The largest absolute Gasteiger partial charge is 0.326 e. The molecule has 0 unspecified atom stereocenters. The molecular formula is C17H16F2N2O3S. The Morgan fingerprint density at radius 3 is 2.32 bits per heavy atom. The SMILES string of the molecule is C=CCN(c1ccc(F)c(F)c1)S(=O)(=O)c1ccc(NC(C)=O)cc1. The standard InChI is InChI=1S/C17H16F2N2O3S/c1-3-10-21(14-6-9-16(18)17(19)11-14)25(23,24)15-7-4-13(5-8-15)20-12(2)22/h3-9,11H,1,10H2,2H3,(H,20,22). The van der Waals surface area contributed by atoms with Crippen molar-refractivity contribution in [1.82, 2.24) is 0 Å². The minimum Gasteiger partial charge on any atom is -0.326 e. The molecule has 0 aromatic heterocycles. The Morgan fingerprint density at radius 2 is 1.80 bits per heavy atom. The van der Waals surface area contributed by atoms with Gasteiger partial charge in [0.2, 0.25) is 5.91 Å². The van der Waals surface area contributed by atoms with Gasteiger partial charge in [0.15, 0.2) is 11.6 Å². The summed E-state index contributed by atoms with van der Waals surface area (Å²) in [5.41, 5.74) is 0.416. The van der Waals surface area contributed by atoms with Crippen molar-refractivity contribution in [3.8, 4) is 0 Å². The van der Waals surface area contributed by atoms with Gasteiger partial charge in [0, 0.05) is 18.7 Å². The summed E-state index contributed by atoms with van der Waals surface area (Å²) in [7, 11) is -4.03. The lowest BCUT2D eigenvalue weighted by Crippen LogP contribution is -2.31. The van der Waals surface area contributed by atoms with Gasteiger partial charge in [-0.05, 0) is 36.4 Å². The van der Waals surface area contributed by atoms with Crippen LogP contribution in [-0.4, -0.2) is 20.9 Å². The van der Waals surface area contributed by atoms with Crippen molar-refractivity contribution in [2.45, 2.75) is 11.8 Å². The first-order valence-corrected chi connectivity index (χ1v) is 8.66. The highest BCUT2D eigenvalue weighted by Crippen LogP contribution is 2.26. The molecule has 0 aliphatic rings.